The first-order chi connectivity index (χ1) is 6.34. The maximum absolute atomic E-state index is 4.29. The van der Waals surface area contributed by atoms with Crippen LogP contribution in [-0.4, -0.2) is 19.3 Å². The molecule has 0 bridgehead atoms. The second kappa shape index (κ2) is 3.43. The van der Waals surface area contributed by atoms with Crippen LogP contribution < -0.4 is 0 Å². The van der Waals surface area contributed by atoms with E-state index in [1.165, 1.54) is 0 Å². The Morgan fingerprint density at radius 1 is 1.31 bits per heavy atom. The van der Waals surface area contributed by atoms with E-state index in [2.05, 4.69) is 10.1 Å². The van der Waals surface area contributed by atoms with Gasteiger partial charge in [0.1, 0.15) is 0 Å². The van der Waals surface area contributed by atoms with Gasteiger partial charge < -0.3 is 4.57 Å². The van der Waals surface area contributed by atoms with Gasteiger partial charge >= 0.3 is 0 Å². The van der Waals surface area contributed by atoms with E-state index in [1.807, 2.05) is 41.0 Å². The molecule has 13 heavy (non-hydrogen) atoms. The number of hydrogen-bond donors (Lipinski definition) is 0. The lowest BCUT2D eigenvalue weighted by atomic mass is 10.5. The Morgan fingerprint density at radius 2 is 2.23 bits per heavy atom. The van der Waals surface area contributed by atoms with Gasteiger partial charge in [-0.2, -0.15) is 5.10 Å². The van der Waals surface area contributed by atoms with Crippen molar-refractivity contribution in [3.8, 4) is 0 Å². The highest BCUT2D eigenvalue weighted by molar-refractivity contribution is 4.94. The van der Waals surface area contributed by atoms with Crippen molar-refractivity contribution in [1.82, 2.24) is 19.3 Å². The van der Waals surface area contributed by atoms with Crippen LogP contribution in [0.5, 0.6) is 0 Å². The molecule has 0 unspecified atom stereocenters. The summed E-state index contributed by atoms with van der Waals surface area (Å²) < 4.78 is 3.98. The molecule has 0 aromatic carbocycles. The minimum atomic E-state index is 0.893. The Morgan fingerprint density at radius 3 is 2.85 bits per heavy atom. The highest BCUT2D eigenvalue weighted by atomic mass is 15.3. The number of rotatable bonds is 3. The summed E-state index contributed by atoms with van der Waals surface area (Å²) in [6.07, 6.45) is 7.55. The zero-order valence-electron chi connectivity index (χ0n) is 7.59. The van der Waals surface area contributed by atoms with E-state index in [1.54, 1.807) is 6.20 Å². The fraction of sp³-hybridized carbons (Fsp3) is 0.333. The first-order valence-corrected chi connectivity index (χ1v) is 4.30. The largest absolute Gasteiger partial charge is 0.336 e. The first kappa shape index (κ1) is 8.04. The van der Waals surface area contributed by atoms with Gasteiger partial charge in [-0.15, -0.1) is 0 Å². The molecule has 2 rings (SSSR count). The SMILES string of the molecule is Cc1ccn(CCn2ccnc2)n1. The van der Waals surface area contributed by atoms with Gasteiger partial charge in [-0.3, -0.25) is 4.68 Å². The summed E-state index contributed by atoms with van der Waals surface area (Å²) in [4.78, 5) is 3.97. The van der Waals surface area contributed by atoms with Crippen LogP contribution in [0.4, 0.5) is 0 Å². The van der Waals surface area contributed by atoms with E-state index < -0.39 is 0 Å². The van der Waals surface area contributed by atoms with Crippen LogP contribution in [0.3, 0.4) is 0 Å². The average Bonchev–Trinajstić information content (AvgIpc) is 2.71. The molecular weight excluding hydrogens is 164 g/mol. The summed E-state index contributed by atoms with van der Waals surface area (Å²) in [5.74, 6) is 0. The number of nitrogens with zero attached hydrogens (tertiary/aromatic N) is 4. The van der Waals surface area contributed by atoms with E-state index >= 15 is 0 Å². The predicted molar refractivity (Wildman–Crippen MR) is 49.2 cm³/mol. The molecule has 0 spiro atoms. The molecular formula is C9H12N4. The third kappa shape index (κ3) is 1.96. The van der Waals surface area contributed by atoms with Gasteiger partial charge in [0, 0.05) is 25.1 Å². The highest BCUT2D eigenvalue weighted by Crippen LogP contribution is 1.94. The van der Waals surface area contributed by atoms with E-state index in [4.69, 9.17) is 0 Å². The van der Waals surface area contributed by atoms with E-state index in [9.17, 15) is 0 Å². The quantitative estimate of drug-likeness (QED) is 0.701. The van der Waals surface area contributed by atoms with Crippen LogP contribution in [0.25, 0.3) is 0 Å². The van der Waals surface area contributed by atoms with Gasteiger partial charge in [0.05, 0.1) is 18.6 Å². The lowest BCUT2D eigenvalue weighted by Gasteiger charge is -2.01. The summed E-state index contributed by atoms with van der Waals surface area (Å²) in [5.41, 5.74) is 1.06. The first-order valence-electron chi connectivity index (χ1n) is 4.30. The van der Waals surface area contributed by atoms with Crippen molar-refractivity contribution in [2.45, 2.75) is 20.0 Å². The molecule has 68 valence electrons. The minimum Gasteiger partial charge on any atom is -0.336 e. The van der Waals surface area contributed by atoms with Crippen molar-refractivity contribution in [1.29, 1.82) is 0 Å². The Kier molecular flexibility index (Phi) is 2.12. The molecule has 2 heterocycles. The number of aryl methyl sites for hydroxylation is 3. The van der Waals surface area contributed by atoms with E-state index in [0.29, 0.717) is 0 Å². The van der Waals surface area contributed by atoms with Gasteiger partial charge in [-0.1, -0.05) is 0 Å². The van der Waals surface area contributed by atoms with Gasteiger partial charge in [-0.25, -0.2) is 4.98 Å². The molecule has 0 aliphatic carbocycles. The Labute approximate surface area is 76.8 Å². The molecule has 2 aromatic rings. The molecule has 0 aliphatic rings. The standard InChI is InChI=1S/C9H12N4/c1-9-2-4-13(11-9)7-6-12-5-3-10-8-12/h2-5,8H,6-7H2,1H3. The summed E-state index contributed by atoms with van der Waals surface area (Å²) in [5, 5.41) is 4.29. The third-order valence-electron chi connectivity index (χ3n) is 1.92. The normalized spacial score (nSPS) is 10.5. The molecule has 0 radical (unpaired) electrons. The molecule has 0 amide bonds. The number of aromatic nitrogens is 4. The van der Waals surface area contributed by atoms with Crippen molar-refractivity contribution >= 4 is 0 Å². The predicted octanol–water partition coefficient (Wildman–Crippen LogP) is 1.09. The Hall–Kier alpha value is -1.58. The maximum Gasteiger partial charge on any atom is 0.0946 e. The van der Waals surface area contributed by atoms with Gasteiger partial charge in [-0.05, 0) is 13.0 Å². The third-order valence-corrected chi connectivity index (χ3v) is 1.92. The van der Waals surface area contributed by atoms with Crippen LogP contribution in [0.2, 0.25) is 0 Å². The zero-order chi connectivity index (χ0) is 9.10. The van der Waals surface area contributed by atoms with E-state index in [-0.39, 0.29) is 0 Å². The second-order valence-electron chi connectivity index (χ2n) is 3.02. The Bertz CT molecular complexity index is 361. The minimum absolute atomic E-state index is 0.893. The second-order valence-corrected chi connectivity index (χ2v) is 3.02. The van der Waals surface area contributed by atoms with Crippen molar-refractivity contribution in [3.05, 3.63) is 36.7 Å². The fourth-order valence-corrected chi connectivity index (χ4v) is 1.22. The molecule has 0 aliphatic heterocycles. The van der Waals surface area contributed by atoms with Crippen LogP contribution >= 0.6 is 0 Å². The topological polar surface area (TPSA) is 35.6 Å². The highest BCUT2D eigenvalue weighted by Gasteiger charge is 1.94. The molecule has 0 saturated carbocycles. The Balaban J connectivity index is 1.93. The van der Waals surface area contributed by atoms with Crippen molar-refractivity contribution < 1.29 is 0 Å². The van der Waals surface area contributed by atoms with Crippen LogP contribution in [0, 0.1) is 6.92 Å². The van der Waals surface area contributed by atoms with Crippen molar-refractivity contribution in [2.24, 2.45) is 0 Å². The van der Waals surface area contributed by atoms with Crippen LogP contribution in [-0.2, 0) is 13.1 Å². The summed E-state index contributed by atoms with van der Waals surface area (Å²) >= 11 is 0. The smallest absolute Gasteiger partial charge is 0.0946 e. The molecule has 0 atom stereocenters. The molecule has 2 aromatic heterocycles. The van der Waals surface area contributed by atoms with Gasteiger partial charge in [0.25, 0.3) is 0 Å². The van der Waals surface area contributed by atoms with Crippen LogP contribution in [0.15, 0.2) is 31.0 Å². The molecule has 0 saturated heterocycles. The lowest BCUT2D eigenvalue weighted by molar-refractivity contribution is 0.530. The maximum atomic E-state index is 4.29. The van der Waals surface area contributed by atoms with E-state index in [0.717, 1.165) is 18.8 Å². The van der Waals surface area contributed by atoms with Crippen molar-refractivity contribution in [3.63, 3.8) is 0 Å². The molecule has 4 heteroatoms. The molecule has 4 nitrogen and oxygen atoms in total. The van der Waals surface area contributed by atoms with Gasteiger partial charge in [0.15, 0.2) is 0 Å². The summed E-state index contributed by atoms with van der Waals surface area (Å²) in [6, 6.07) is 2.01. The van der Waals surface area contributed by atoms with Crippen molar-refractivity contribution in [2.75, 3.05) is 0 Å². The fourth-order valence-electron chi connectivity index (χ4n) is 1.22. The monoisotopic (exact) mass is 176 g/mol. The van der Waals surface area contributed by atoms with Crippen LogP contribution in [0.1, 0.15) is 5.69 Å². The number of hydrogen-bond acceptors (Lipinski definition) is 2. The summed E-state index contributed by atoms with van der Waals surface area (Å²) in [6.45, 7) is 3.80. The summed E-state index contributed by atoms with van der Waals surface area (Å²) in [7, 11) is 0. The molecule has 0 N–H and O–H groups in total. The lowest BCUT2D eigenvalue weighted by Crippen LogP contribution is -2.06. The zero-order valence-corrected chi connectivity index (χ0v) is 7.59. The average molecular weight is 176 g/mol. The van der Waals surface area contributed by atoms with Gasteiger partial charge in [0.2, 0.25) is 0 Å². The number of imidazole rings is 1. The molecule has 0 fully saturated rings.